The first-order valence-corrected chi connectivity index (χ1v) is 10.6. The summed E-state index contributed by atoms with van der Waals surface area (Å²) in [6.45, 7) is 2.51. The highest BCUT2D eigenvalue weighted by atomic mass is 79.9. The average molecular weight is 499 g/mol. The summed E-state index contributed by atoms with van der Waals surface area (Å²) in [5.41, 5.74) is 0.957. The zero-order chi connectivity index (χ0) is 21.7. The van der Waals surface area contributed by atoms with E-state index >= 15 is 0 Å². The Balaban J connectivity index is 1.58. The molecule has 0 saturated carbocycles. The smallest absolute Gasteiger partial charge is 0.327 e. The van der Waals surface area contributed by atoms with E-state index < -0.39 is 11.9 Å². The highest BCUT2D eigenvalue weighted by Gasteiger charge is 2.31. The molecular weight excluding hydrogens is 477 g/mol. The molecule has 6 nitrogen and oxygen atoms in total. The quantitative estimate of drug-likeness (QED) is 0.615. The van der Waals surface area contributed by atoms with Gasteiger partial charge < -0.3 is 10.1 Å². The van der Waals surface area contributed by atoms with Gasteiger partial charge in [0.05, 0.1) is 19.3 Å². The van der Waals surface area contributed by atoms with Gasteiger partial charge in [0, 0.05) is 35.7 Å². The lowest BCUT2D eigenvalue weighted by molar-refractivity contribution is -0.148. The third-order valence-electron chi connectivity index (χ3n) is 4.95. The molecule has 9 heteroatoms. The van der Waals surface area contributed by atoms with Crippen molar-refractivity contribution in [1.29, 1.82) is 0 Å². The van der Waals surface area contributed by atoms with Crippen LogP contribution >= 0.6 is 27.5 Å². The number of anilines is 1. The van der Waals surface area contributed by atoms with Crippen molar-refractivity contribution in [2.45, 2.75) is 6.04 Å². The van der Waals surface area contributed by atoms with Crippen LogP contribution < -0.4 is 5.32 Å². The van der Waals surface area contributed by atoms with Crippen molar-refractivity contribution in [3.8, 4) is 0 Å². The maximum Gasteiger partial charge on any atom is 0.327 e. The Morgan fingerprint density at radius 3 is 2.43 bits per heavy atom. The number of carbonyl (C=O) groups excluding carboxylic acids is 2. The normalized spacial score (nSPS) is 16.1. The van der Waals surface area contributed by atoms with Crippen LogP contribution in [0.4, 0.5) is 10.1 Å². The van der Waals surface area contributed by atoms with Gasteiger partial charge in [0.15, 0.2) is 0 Å². The van der Waals surface area contributed by atoms with Gasteiger partial charge in [-0.3, -0.25) is 14.6 Å². The molecule has 2 aromatic carbocycles. The molecule has 1 amide bonds. The first-order valence-electron chi connectivity index (χ1n) is 9.42. The lowest BCUT2D eigenvalue weighted by Gasteiger charge is -2.38. The van der Waals surface area contributed by atoms with Gasteiger partial charge in [0.1, 0.15) is 11.9 Å². The summed E-state index contributed by atoms with van der Waals surface area (Å²) in [5, 5.41) is 3.20. The summed E-state index contributed by atoms with van der Waals surface area (Å²) in [6, 6.07) is 11.1. The van der Waals surface area contributed by atoms with Crippen LogP contribution in [0.1, 0.15) is 11.6 Å². The van der Waals surface area contributed by atoms with E-state index in [2.05, 4.69) is 21.2 Å². The van der Waals surface area contributed by atoms with Gasteiger partial charge >= 0.3 is 5.97 Å². The molecule has 0 spiro atoms. The van der Waals surface area contributed by atoms with E-state index in [-0.39, 0.29) is 24.1 Å². The minimum Gasteiger partial charge on any atom is -0.468 e. The molecule has 1 fully saturated rings. The number of ether oxygens (including phenoxy) is 1. The summed E-state index contributed by atoms with van der Waals surface area (Å²) in [6.07, 6.45) is 0. The molecule has 1 aliphatic rings. The predicted molar refractivity (Wildman–Crippen MR) is 117 cm³/mol. The molecule has 1 heterocycles. The number of nitrogens with one attached hydrogen (secondary N) is 1. The summed E-state index contributed by atoms with van der Waals surface area (Å²) in [7, 11) is 1.37. The molecule has 1 atom stereocenters. The fraction of sp³-hybridized carbons (Fsp3) is 0.333. The van der Waals surface area contributed by atoms with E-state index in [1.807, 2.05) is 21.9 Å². The summed E-state index contributed by atoms with van der Waals surface area (Å²) < 4.78 is 19.5. The molecule has 0 aliphatic carbocycles. The fourth-order valence-electron chi connectivity index (χ4n) is 3.42. The molecular formula is C21H22BrClFN3O3. The number of hydrogen-bond donors (Lipinski definition) is 1. The van der Waals surface area contributed by atoms with Crippen LogP contribution in [0, 0.1) is 5.82 Å². The maximum absolute atomic E-state index is 13.9. The van der Waals surface area contributed by atoms with Gasteiger partial charge in [-0.05, 0) is 35.9 Å². The number of carbonyl (C=O) groups is 2. The Morgan fingerprint density at radius 2 is 1.83 bits per heavy atom. The van der Waals surface area contributed by atoms with Gasteiger partial charge in [-0.2, -0.15) is 0 Å². The minimum absolute atomic E-state index is 0.146. The van der Waals surface area contributed by atoms with Crippen LogP contribution in [-0.2, 0) is 14.3 Å². The largest absolute Gasteiger partial charge is 0.468 e. The second-order valence-corrected chi connectivity index (χ2v) is 8.31. The standard InChI is InChI=1S/C21H22BrClFN3O3/c1-30-21(29)20(14-2-5-16(23)6-3-14)27-10-8-26(9-11-27)13-19(28)25-18-7-4-15(22)12-17(18)24/h2-7,12,20H,8-11,13H2,1H3,(H,25,28). The van der Waals surface area contributed by atoms with Crippen LogP contribution in [0.5, 0.6) is 0 Å². The molecule has 160 valence electrons. The molecule has 30 heavy (non-hydrogen) atoms. The average Bonchev–Trinajstić information content (AvgIpc) is 2.73. The van der Waals surface area contributed by atoms with Gasteiger partial charge in [-0.15, -0.1) is 0 Å². The molecule has 2 aromatic rings. The van der Waals surface area contributed by atoms with E-state index in [4.69, 9.17) is 16.3 Å². The van der Waals surface area contributed by atoms with Gasteiger partial charge in [-0.1, -0.05) is 39.7 Å². The third kappa shape index (κ3) is 5.78. The van der Waals surface area contributed by atoms with Gasteiger partial charge in [0.2, 0.25) is 5.91 Å². The number of benzene rings is 2. The Bertz CT molecular complexity index is 905. The van der Waals surface area contributed by atoms with Crippen LogP contribution in [0.25, 0.3) is 0 Å². The number of esters is 1. The van der Waals surface area contributed by atoms with Gasteiger partial charge in [-0.25, -0.2) is 9.18 Å². The van der Waals surface area contributed by atoms with Crippen LogP contribution in [0.3, 0.4) is 0 Å². The van der Waals surface area contributed by atoms with Crippen LogP contribution in [0.2, 0.25) is 5.02 Å². The Morgan fingerprint density at radius 1 is 1.17 bits per heavy atom. The second-order valence-electron chi connectivity index (χ2n) is 6.96. The van der Waals surface area contributed by atoms with Crippen molar-refractivity contribution >= 4 is 45.1 Å². The summed E-state index contributed by atoms with van der Waals surface area (Å²) in [4.78, 5) is 28.7. The van der Waals surface area contributed by atoms with Crippen LogP contribution in [-0.4, -0.2) is 61.5 Å². The SMILES string of the molecule is COC(=O)C(c1ccc(Cl)cc1)N1CCN(CC(=O)Nc2ccc(Br)cc2F)CC1. The Kier molecular flexibility index (Phi) is 7.82. The minimum atomic E-state index is -0.528. The van der Waals surface area contributed by atoms with Crippen molar-refractivity contribution in [3.63, 3.8) is 0 Å². The zero-order valence-electron chi connectivity index (χ0n) is 16.4. The summed E-state index contributed by atoms with van der Waals surface area (Å²) >= 11 is 9.15. The van der Waals surface area contributed by atoms with Crippen molar-refractivity contribution < 1.29 is 18.7 Å². The number of amides is 1. The fourth-order valence-corrected chi connectivity index (χ4v) is 3.88. The van der Waals surface area contributed by atoms with Crippen molar-refractivity contribution in [3.05, 3.63) is 63.3 Å². The highest BCUT2D eigenvalue weighted by molar-refractivity contribution is 9.10. The molecule has 0 aromatic heterocycles. The molecule has 1 saturated heterocycles. The summed E-state index contributed by atoms with van der Waals surface area (Å²) in [5.74, 6) is -1.12. The van der Waals surface area contributed by atoms with Crippen molar-refractivity contribution in [2.75, 3.05) is 45.2 Å². The zero-order valence-corrected chi connectivity index (χ0v) is 18.7. The lowest BCUT2D eigenvalue weighted by Crippen LogP contribution is -2.51. The Hall–Kier alpha value is -2.00. The van der Waals surface area contributed by atoms with Crippen molar-refractivity contribution in [1.82, 2.24) is 9.80 Å². The monoisotopic (exact) mass is 497 g/mol. The number of rotatable bonds is 6. The van der Waals surface area contributed by atoms with E-state index in [0.29, 0.717) is 35.7 Å². The van der Waals surface area contributed by atoms with E-state index in [9.17, 15) is 14.0 Å². The van der Waals surface area contributed by atoms with Crippen LogP contribution in [0.15, 0.2) is 46.9 Å². The number of hydrogen-bond acceptors (Lipinski definition) is 5. The predicted octanol–water partition coefficient (Wildman–Crippen LogP) is 3.71. The van der Waals surface area contributed by atoms with E-state index in [0.717, 1.165) is 5.56 Å². The first-order chi connectivity index (χ1) is 14.4. The molecule has 1 N–H and O–H groups in total. The molecule has 1 unspecified atom stereocenters. The Labute approximate surface area is 188 Å². The van der Waals surface area contributed by atoms with E-state index in [1.165, 1.54) is 19.2 Å². The van der Waals surface area contributed by atoms with Gasteiger partial charge in [0.25, 0.3) is 0 Å². The van der Waals surface area contributed by atoms with E-state index in [1.54, 1.807) is 18.2 Å². The topological polar surface area (TPSA) is 61.9 Å². The first kappa shape index (κ1) is 22.7. The highest BCUT2D eigenvalue weighted by Crippen LogP contribution is 2.25. The number of piperazine rings is 1. The molecule has 0 radical (unpaired) electrons. The molecule has 0 bridgehead atoms. The van der Waals surface area contributed by atoms with Crippen molar-refractivity contribution in [2.24, 2.45) is 0 Å². The second kappa shape index (κ2) is 10.3. The third-order valence-corrected chi connectivity index (χ3v) is 5.70. The number of halogens is 3. The number of methoxy groups -OCH3 is 1. The lowest BCUT2D eigenvalue weighted by atomic mass is 10.0. The molecule has 1 aliphatic heterocycles. The maximum atomic E-state index is 13.9. The molecule has 3 rings (SSSR count). The number of nitrogens with zero attached hydrogens (tertiary/aromatic N) is 2.